The second-order valence-electron chi connectivity index (χ2n) is 4.69. The van der Waals surface area contributed by atoms with Crippen molar-refractivity contribution in [1.29, 1.82) is 0 Å². The van der Waals surface area contributed by atoms with Crippen LogP contribution in [0.25, 0.3) is 10.1 Å². The summed E-state index contributed by atoms with van der Waals surface area (Å²) in [4.78, 5) is 0.894. The minimum absolute atomic E-state index is 0.517. The Morgan fingerprint density at radius 1 is 1.40 bits per heavy atom. The lowest BCUT2D eigenvalue weighted by molar-refractivity contribution is 0.211. The van der Waals surface area contributed by atoms with Gasteiger partial charge in [0.1, 0.15) is 6.10 Å². The van der Waals surface area contributed by atoms with Crippen molar-refractivity contribution in [2.24, 2.45) is 0 Å². The van der Waals surface area contributed by atoms with Gasteiger partial charge in [0.15, 0.2) is 0 Å². The van der Waals surface area contributed by atoms with E-state index in [4.69, 9.17) is 11.6 Å². The summed E-state index contributed by atoms with van der Waals surface area (Å²) >= 11 is 7.77. The molecule has 0 saturated carbocycles. The third-order valence-electron chi connectivity index (χ3n) is 3.24. The molecule has 0 spiro atoms. The summed E-state index contributed by atoms with van der Waals surface area (Å²) in [5.74, 6) is 0. The fraction of sp³-hybridized carbons (Fsp3) is 0.267. The molecule has 3 nitrogen and oxygen atoms in total. The number of aryl methyl sites for hydroxylation is 1. The van der Waals surface area contributed by atoms with Crippen LogP contribution in [-0.4, -0.2) is 14.9 Å². The van der Waals surface area contributed by atoms with Crippen LogP contribution in [0, 0.1) is 0 Å². The number of thiophene rings is 1. The Morgan fingerprint density at radius 3 is 2.95 bits per heavy atom. The van der Waals surface area contributed by atoms with E-state index < -0.39 is 6.10 Å². The molecular weight excluding hydrogens is 292 g/mol. The highest BCUT2D eigenvalue weighted by atomic mass is 35.5. The molecule has 3 rings (SSSR count). The SMILES string of the molecule is CCCn1ncc(Cl)c1C(O)c1cc2ccccc2s1. The lowest BCUT2D eigenvalue weighted by Gasteiger charge is -2.12. The Hall–Kier alpha value is -1.36. The fourth-order valence-corrected chi connectivity index (χ4v) is 3.60. The van der Waals surface area contributed by atoms with Crippen LogP contribution in [-0.2, 0) is 6.54 Å². The number of hydrogen-bond acceptors (Lipinski definition) is 3. The van der Waals surface area contributed by atoms with Gasteiger partial charge < -0.3 is 5.11 Å². The zero-order chi connectivity index (χ0) is 14.1. The molecule has 0 aliphatic heterocycles. The number of aliphatic hydroxyl groups is 1. The van der Waals surface area contributed by atoms with Crippen LogP contribution in [0.5, 0.6) is 0 Å². The minimum Gasteiger partial charge on any atom is -0.381 e. The molecule has 0 amide bonds. The van der Waals surface area contributed by atoms with Gasteiger partial charge in [-0.2, -0.15) is 5.10 Å². The zero-order valence-electron chi connectivity index (χ0n) is 11.1. The summed E-state index contributed by atoms with van der Waals surface area (Å²) in [5, 5.41) is 16.5. The van der Waals surface area contributed by atoms with Crippen LogP contribution in [0.15, 0.2) is 36.5 Å². The molecule has 2 aromatic heterocycles. The van der Waals surface area contributed by atoms with Crippen molar-refractivity contribution in [1.82, 2.24) is 9.78 Å². The first-order chi connectivity index (χ1) is 9.70. The molecule has 1 atom stereocenters. The van der Waals surface area contributed by atoms with Crippen molar-refractivity contribution in [3.05, 3.63) is 52.1 Å². The summed E-state index contributed by atoms with van der Waals surface area (Å²) in [6.45, 7) is 2.83. The van der Waals surface area contributed by atoms with E-state index in [1.54, 1.807) is 22.2 Å². The van der Waals surface area contributed by atoms with Gasteiger partial charge in [-0.05, 0) is 23.9 Å². The summed E-state index contributed by atoms with van der Waals surface area (Å²) in [6, 6.07) is 10.1. The van der Waals surface area contributed by atoms with Crippen LogP contribution < -0.4 is 0 Å². The van der Waals surface area contributed by atoms with E-state index in [0.29, 0.717) is 10.7 Å². The van der Waals surface area contributed by atoms with Crippen LogP contribution in [0.2, 0.25) is 5.02 Å². The van der Waals surface area contributed by atoms with Crippen molar-refractivity contribution < 1.29 is 5.11 Å². The third-order valence-corrected chi connectivity index (χ3v) is 4.70. The molecule has 2 heterocycles. The first-order valence-corrected chi connectivity index (χ1v) is 7.78. The molecule has 1 aromatic carbocycles. The molecule has 0 fully saturated rings. The number of halogens is 1. The van der Waals surface area contributed by atoms with E-state index in [1.165, 1.54) is 4.70 Å². The van der Waals surface area contributed by atoms with Crippen LogP contribution in [0.3, 0.4) is 0 Å². The quantitative estimate of drug-likeness (QED) is 0.783. The first-order valence-electron chi connectivity index (χ1n) is 6.58. The van der Waals surface area contributed by atoms with Gasteiger partial charge in [0.25, 0.3) is 0 Å². The number of nitrogens with zero attached hydrogens (tertiary/aromatic N) is 2. The molecule has 20 heavy (non-hydrogen) atoms. The zero-order valence-corrected chi connectivity index (χ0v) is 12.7. The van der Waals surface area contributed by atoms with Crippen molar-refractivity contribution >= 4 is 33.0 Å². The van der Waals surface area contributed by atoms with Gasteiger partial charge in [-0.1, -0.05) is 36.7 Å². The molecule has 0 saturated heterocycles. The maximum atomic E-state index is 10.6. The van der Waals surface area contributed by atoms with Crippen molar-refractivity contribution in [2.45, 2.75) is 26.0 Å². The second kappa shape index (κ2) is 5.56. The van der Waals surface area contributed by atoms with Gasteiger partial charge in [-0.3, -0.25) is 4.68 Å². The van der Waals surface area contributed by atoms with Gasteiger partial charge in [0, 0.05) is 16.1 Å². The molecule has 104 valence electrons. The molecule has 0 aliphatic carbocycles. The Kier molecular flexibility index (Phi) is 3.78. The predicted octanol–water partition coefficient (Wildman–Crippen LogP) is 4.24. The van der Waals surface area contributed by atoms with Crippen LogP contribution in [0.4, 0.5) is 0 Å². The second-order valence-corrected chi connectivity index (χ2v) is 6.21. The Morgan fingerprint density at radius 2 is 2.20 bits per heavy atom. The number of aliphatic hydroxyl groups excluding tert-OH is 1. The molecule has 0 bridgehead atoms. The van der Waals surface area contributed by atoms with E-state index in [1.807, 2.05) is 24.3 Å². The molecule has 3 aromatic rings. The largest absolute Gasteiger partial charge is 0.381 e. The first kappa shape index (κ1) is 13.6. The number of rotatable bonds is 4. The number of benzene rings is 1. The van der Waals surface area contributed by atoms with E-state index in [0.717, 1.165) is 23.2 Å². The summed E-state index contributed by atoms with van der Waals surface area (Å²) in [5.41, 5.74) is 0.681. The van der Waals surface area contributed by atoms with Crippen molar-refractivity contribution in [3.8, 4) is 0 Å². The van der Waals surface area contributed by atoms with Crippen LogP contribution >= 0.6 is 22.9 Å². The molecule has 0 radical (unpaired) electrons. The molecule has 5 heteroatoms. The lowest BCUT2D eigenvalue weighted by atomic mass is 10.2. The molecule has 0 aliphatic rings. The van der Waals surface area contributed by atoms with Crippen LogP contribution in [0.1, 0.15) is 30.0 Å². The standard InChI is InChI=1S/C15H15ClN2OS/c1-2-7-18-14(11(16)9-17-18)15(19)13-8-10-5-3-4-6-12(10)20-13/h3-6,8-9,15,19H,2,7H2,1H3. The molecular formula is C15H15ClN2OS. The Balaban J connectivity index is 2.03. The minimum atomic E-state index is -0.728. The fourth-order valence-electron chi connectivity index (χ4n) is 2.31. The third kappa shape index (κ3) is 2.35. The van der Waals surface area contributed by atoms with E-state index >= 15 is 0 Å². The van der Waals surface area contributed by atoms with E-state index in [-0.39, 0.29) is 0 Å². The van der Waals surface area contributed by atoms with Gasteiger partial charge >= 0.3 is 0 Å². The van der Waals surface area contributed by atoms with Gasteiger partial charge in [-0.15, -0.1) is 11.3 Å². The topological polar surface area (TPSA) is 38.0 Å². The maximum absolute atomic E-state index is 10.6. The average Bonchev–Trinajstić information content (AvgIpc) is 3.02. The van der Waals surface area contributed by atoms with E-state index in [9.17, 15) is 5.11 Å². The number of hydrogen-bond donors (Lipinski definition) is 1. The number of fused-ring (bicyclic) bond motifs is 1. The lowest BCUT2D eigenvalue weighted by Crippen LogP contribution is -2.09. The van der Waals surface area contributed by atoms with Gasteiger partial charge in [0.2, 0.25) is 0 Å². The highest BCUT2D eigenvalue weighted by Gasteiger charge is 2.21. The van der Waals surface area contributed by atoms with Crippen molar-refractivity contribution in [2.75, 3.05) is 0 Å². The number of aromatic nitrogens is 2. The Labute approximate surface area is 126 Å². The normalized spacial score (nSPS) is 12.9. The summed E-state index contributed by atoms with van der Waals surface area (Å²) in [7, 11) is 0. The van der Waals surface area contributed by atoms with E-state index in [2.05, 4.69) is 18.1 Å². The summed E-state index contributed by atoms with van der Waals surface area (Å²) < 4.78 is 2.96. The van der Waals surface area contributed by atoms with Gasteiger partial charge in [0.05, 0.1) is 16.9 Å². The summed E-state index contributed by atoms with van der Waals surface area (Å²) in [6.07, 6.45) is 1.82. The smallest absolute Gasteiger partial charge is 0.131 e. The molecule has 1 unspecified atom stereocenters. The van der Waals surface area contributed by atoms with Gasteiger partial charge in [-0.25, -0.2) is 0 Å². The monoisotopic (exact) mass is 306 g/mol. The molecule has 1 N–H and O–H groups in total. The van der Waals surface area contributed by atoms with Crippen molar-refractivity contribution in [3.63, 3.8) is 0 Å². The highest BCUT2D eigenvalue weighted by Crippen LogP contribution is 2.35. The predicted molar refractivity (Wildman–Crippen MR) is 83.4 cm³/mol. The Bertz CT molecular complexity index is 701. The average molecular weight is 307 g/mol. The maximum Gasteiger partial charge on any atom is 0.131 e. The highest BCUT2D eigenvalue weighted by molar-refractivity contribution is 7.19.